The first kappa shape index (κ1) is 14.4. The number of carbonyl (C=O) groups excluding carboxylic acids is 1. The zero-order valence-corrected chi connectivity index (χ0v) is 12.4. The van der Waals surface area contributed by atoms with E-state index in [1.54, 1.807) is 12.1 Å². The number of aliphatic hydroxyl groups excluding tert-OH is 1. The zero-order valence-electron chi connectivity index (χ0n) is 11.6. The van der Waals surface area contributed by atoms with E-state index in [1.165, 1.54) is 0 Å². The Balaban J connectivity index is 1.61. The van der Waals surface area contributed by atoms with Crippen molar-refractivity contribution >= 4 is 40.0 Å². The number of nitrogens with one attached hydrogen (secondary N) is 2. The van der Waals surface area contributed by atoms with Crippen LogP contribution in [0.5, 0.6) is 0 Å². The molecular weight excluding hydrogens is 300 g/mol. The van der Waals surface area contributed by atoms with Crippen molar-refractivity contribution in [1.82, 2.24) is 0 Å². The molecule has 2 aromatic carbocycles. The van der Waals surface area contributed by atoms with E-state index in [-0.39, 0.29) is 19.1 Å². The van der Waals surface area contributed by atoms with E-state index in [1.807, 2.05) is 30.3 Å². The average Bonchev–Trinajstić information content (AvgIpc) is 3.03. The normalized spacial score (nSPS) is 11.7. The fraction of sp³-hybridized carbons (Fsp3) is 0.133. The highest BCUT2D eigenvalue weighted by Crippen LogP contribution is 2.38. The fourth-order valence-electron chi connectivity index (χ4n) is 2.06. The van der Waals surface area contributed by atoms with Gasteiger partial charge in [0.05, 0.1) is 30.2 Å². The molecule has 0 unspecified atom stereocenters. The van der Waals surface area contributed by atoms with Crippen LogP contribution in [0.15, 0.2) is 51.2 Å². The van der Waals surface area contributed by atoms with E-state index in [0.29, 0.717) is 11.4 Å². The molecule has 1 aliphatic rings. The van der Waals surface area contributed by atoms with Gasteiger partial charge in [0.2, 0.25) is 5.91 Å². The SMILES string of the molecule is O=C(CNc1cccc(CO)c1)Nc1cccc2c1N=S=N2. The predicted molar refractivity (Wildman–Crippen MR) is 87.5 cm³/mol. The average molecular weight is 314 g/mol. The van der Waals surface area contributed by atoms with Gasteiger partial charge in [-0.05, 0) is 29.8 Å². The zero-order chi connectivity index (χ0) is 15.4. The molecule has 6 nitrogen and oxygen atoms in total. The van der Waals surface area contributed by atoms with Crippen molar-refractivity contribution in [2.75, 3.05) is 17.2 Å². The van der Waals surface area contributed by atoms with Crippen molar-refractivity contribution in [2.45, 2.75) is 6.61 Å². The van der Waals surface area contributed by atoms with Crippen molar-refractivity contribution in [2.24, 2.45) is 8.73 Å². The highest BCUT2D eigenvalue weighted by Gasteiger charge is 2.12. The number of rotatable bonds is 5. The minimum Gasteiger partial charge on any atom is -0.392 e. The van der Waals surface area contributed by atoms with Crippen molar-refractivity contribution < 1.29 is 9.90 Å². The number of nitrogens with zero attached hydrogens (tertiary/aromatic N) is 2. The van der Waals surface area contributed by atoms with E-state index in [2.05, 4.69) is 19.4 Å². The monoisotopic (exact) mass is 314 g/mol. The summed E-state index contributed by atoms with van der Waals surface area (Å²) in [7, 11) is 0. The molecule has 0 aliphatic carbocycles. The van der Waals surface area contributed by atoms with Gasteiger partial charge >= 0.3 is 0 Å². The van der Waals surface area contributed by atoms with Gasteiger partial charge in [-0.25, -0.2) is 0 Å². The number of amides is 1. The molecule has 1 amide bonds. The van der Waals surface area contributed by atoms with E-state index in [4.69, 9.17) is 5.11 Å². The van der Waals surface area contributed by atoms with Gasteiger partial charge in [-0.15, -0.1) is 0 Å². The molecule has 0 saturated heterocycles. The standard InChI is InChI=1S/C15H14N4O2S/c20-9-10-3-1-4-11(7-10)16-8-14(21)17-12-5-2-6-13-15(12)19-22-18-13/h1-7,16,20H,8-9H2,(H,17,21). The van der Waals surface area contributed by atoms with Crippen LogP contribution in [0.4, 0.5) is 22.7 Å². The van der Waals surface area contributed by atoms with E-state index in [0.717, 1.165) is 28.3 Å². The van der Waals surface area contributed by atoms with Crippen molar-refractivity contribution in [1.29, 1.82) is 0 Å². The molecule has 0 aromatic heterocycles. The highest BCUT2D eigenvalue weighted by atomic mass is 32.1. The second-order valence-electron chi connectivity index (χ2n) is 4.70. The second-order valence-corrected chi connectivity index (χ2v) is 5.23. The molecule has 3 N–H and O–H groups in total. The summed E-state index contributed by atoms with van der Waals surface area (Å²) in [6.45, 7) is 0.101. The topological polar surface area (TPSA) is 86.1 Å². The summed E-state index contributed by atoms with van der Waals surface area (Å²) in [5.41, 5.74) is 3.70. The number of hydrogen-bond acceptors (Lipinski definition) is 5. The van der Waals surface area contributed by atoms with Crippen LogP contribution in [0, 0.1) is 0 Å². The molecule has 1 heterocycles. The first-order valence-electron chi connectivity index (χ1n) is 6.71. The van der Waals surface area contributed by atoms with Gasteiger partial charge in [0.15, 0.2) is 0 Å². The molecule has 0 spiro atoms. The van der Waals surface area contributed by atoms with Crippen LogP contribution in [-0.4, -0.2) is 17.6 Å². The third kappa shape index (κ3) is 3.21. The van der Waals surface area contributed by atoms with Gasteiger partial charge in [0, 0.05) is 5.69 Å². The Bertz CT molecular complexity index is 785. The summed E-state index contributed by atoms with van der Waals surface area (Å²) in [6.07, 6.45) is 0. The fourth-order valence-corrected chi connectivity index (χ4v) is 2.61. The lowest BCUT2D eigenvalue weighted by molar-refractivity contribution is -0.114. The largest absolute Gasteiger partial charge is 0.392 e. The lowest BCUT2D eigenvalue weighted by Gasteiger charge is -2.10. The quantitative estimate of drug-likeness (QED) is 0.676. The molecule has 3 rings (SSSR count). The van der Waals surface area contributed by atoms with Gasteiger partial charge in [-0.1, -0.05) is 18.2 Å². The third-order valence-electron chi connectivity index (χ3n) is 3.12. The van der Waals surface area contributed by atoms with Crippen LogP contribution in [0.3, 0.4) is 0 Å². The molecule has 22 heavy (non-hydrogen) atoms. The molecule has 2 aromatic rings. The number of benzene rings is 2. The van der Waals surface area contributed by atoms with Crippen molar-refractivity contribution in [3.8, 4) is 0 Å². The molecule has 7 heteroatoms. The smallest absolute Gasteiger partial charge is 0.243 e. The molecule has 0 radical (unpaired) electrons. The minimum atomic E-state index is -0.171. The number of carbonyl (C=O) groups is 1. The number of fused-ring (bicyclic) bond motifs is 1. The molecular formula is C15H14N4O2S. The van der Waals surface area contributed by atoms with Crippen LogP contribution in [0.25, 0.3) is 0 Å². The lowest BCUT2D eigenvalue weighted by atomic mass is 10.2. The summed E-state index contributed by atoms with van der Waals surface area (Å²) < 4.78 is 8.32. The Morgan fingerprint density at radius 2 is 2.05 bits per heavy atom. The van der Waals surface area contributed by atoms with Crippen LogP contribution in [-0.2, 0) is 22.8 Å². The second kappa shape index (κ2) is 6.50. The number of anilines is 2. The van der Waals surface area contributed by atoms with Gasteiger partial charge in [0.1, 0.15) is 11.4 Å². The summed E-state index contributed by atoms with van der Waals surface area (Å²) in [6, 6.07) is 12.8. The summed E-state index contributed by atoms with van der Waals surface area (Å²) >= 11 is 1.12. The van der Waals surface area contributed by atoms with Crippen molar-refractivity contribution in [3.05, 3.63) is 48.0 Å². The lowest BCUT2D eigenvalue weighted by Crippen LogP contribution is -2.21. The predicted octanol–water partition coefficient (Wildman–Crippen LogP) is 2.96. The molecule has 0 bridgehead atoms. The first-order chi connectivity index (χ1) is 10.8. The van der Waals surface area contributed by atoms with E-state index >= 15 is 0 Å². The first-order valence-corrected chi connectivity index (χ1v) is 7.44. The molecule has 1 aliphatic heterocycles. The maximum absolute atomic E-state index is 12.0. The third-order valence-corrected chi connectivity index (χ3v) is 3.67. The van der Waals surface area contributed by atoms with Gasteiger partial charge in [-0.3, -0.25) is 4.79 Å². The van der Waals surface area contributed by atoms with Gasteiger partial charge in [0.25, 0.3) is 0 Å². The van der Waals surface area contributed by atoms with Crippen LogP contribution in [0.1, 0.15) is 5.56 Å². The Morgan fingerprint density at radius 3 is 2.91 bits per heavy atom. The number of hydrogen-bond donors (Lipinski definition) is 3. The number of aliphatic hydroxyl groups is 1. The summed E-state index contributed by atoms with van der Waals surface area (Å²) in [5.74, 6) is -0.171. The summed E-state index contributed by atoms with van der Waals surface area (Å²) in [5, 5.41) is 14.9. The maximum atomic E-state index is 12.0. The molecule has 0 atom stereocenters. The van der Waals surface area contributed by atoms with Crippen LogP contribution < -0.4 is 10.6 Å². The van der Waals surface area contributed by atoms with Crippen LogP contribution >= 0.6 is 0 Å². The Labute approximate surface area is 131 Å². The Kier molecular flexibility index (Phi) is 4.27. The summed E-state index contributed by atoms with van der Waals surface area (Å²) in [4.78, 5) is 12.0. The molecule has 0 saturated carbocycles. The van der Waals surface area contributed by atoms with E-state index in [9.17, 15) is 4.79 Å². The van der Waals surface area contributed by atoms with Crippen LogP contribution in [0.2, 0.25) is 0 Å². The van der Waals surface area contributed by atoms with E-state index < -0.39 is 0 Å². The van der Waals surface area contributed by atoms with Crippen molar-refractivity contribution in [3.63, 3.8) is 0 Å². The highest BCUT2D eigenvalue weighted by molar-refractivity contribution is 7.58. The molecule has 112 valence electrons. The molecule has 0 fully saturated rings. The van der Waals surface area contributed by atoms with Gasteiger partial charge in [-0.2, -0.15) is 8.73 Å². The Morgan fingerprint density at radius 1 is 1.18 bits per heavy atom. The van der Waals surface area contributed by atoms with Gasteiger partial charge < -0.3 is 15.7 Å². The minimum absolute atomic E-state index is 0.0272. The Hall–Kier alpha value is -2.51. The maximum Gasteiger partial charge on any atom is 0.243 e.